The molecule has 0 aliphatic carbocycles. The van der Waals surface area contributed by atoms with E-state index in [0.29, 0.717) is 11.6 Å². The normalized spacial score (nSPS) is 10.4. The lowest BCUT2D eigenvalue weighted by Crippen LogP contribution is -2.02. The molecule has 6 nitrogen and oxygen atoms in total. The molecule has 0 spiro atoms. The van der Waals surface area contributed by atoms with Gasteiger partial charge in [-0.05, 0) is 49.7 Å². The van der Waals surface area contributed by atoms with Crippen molar-refractivity contribution in [1.82, 2.24) is 15.0 Å². The van der Waals surface area contributed by atoms with Gasteiger partial charge in [-0.2, -0.15) is 0 Å². The summed E-state index contributed by atoms with van der Waals surface area (Å²) in [6, 6.07) is 10.6. The van der Waals surface area contributed by atoms with Crippen LogP contribution in [-0.2, 0) is 0 Å². The lowest BCUT2D eigenvalue weighted by molar-refractivity contribution is 0.0697. The lowest BCUT2D eigenvalue weighted by atomic mass is 10.1. The van der Waals surface area contributed by atoms with Crippen molar-refractivity contribution in [2.45, 2.75) is 13.8 Å². The van der Waals surface area contributed by atoms with Crippen molar-refractivity contribution in [2.75, 3.05) is 5.32 Å². The zero-order valence-electron chi connectivity index (χ0n) is 13.3. The second-order valence-corrected chi connectivity index (χ2v) is 5.41. The molecule has 0 fully saturated rings. The molecule has 0 bridgehead atoms. The second kappa shape index (κ2) is 6.45. The quantitative estimate of drug-likeness (QED) is 0.763. The van der Waals surface area contributed by atoms with E-state index in [0.717, 1.165) is 22.5 Å². The van der Waals surface area contributed by atoms with Crippen LogP contribution in [0.1, 0.15) is 21.6 Å². The van der Waals surface area contributed by atoms with E-state index in [2.05, 4.69) is 20.3 Å². The van der Waals surface area contributed by atoms with Crippen LogP contribution in [0.4, 0.5) is 11.6 Å². The fourth-order valence-corrected chi connectivity index (χ4v) is 2.21. The smallest absolute Gasteiger partial charge is 0.335 e. The molecule has 2 heterocycles. The largest absolute Gasteiger partial charge is 0.478 e. The Hall–Kier alpha value is -3.28. The Bertz CT molecular complexity index is 892. The van der Waals surface area contributed by atoms with Crippen LogP contribution in [0.25, 0.3) is 11.3 Å². The third-order valence-electron chi connectivity index (χ3n) is 3.59. The Labute approximate surface area is 139 Å². The summed E-state index contributed by atoms with van der Waals surface area (Å²) in [6.07, 6.45) is 3.42. The lowest BCUT2D eigenvalue weighted by Gasteiger charge is -2.10. The second-order valence-electron chi connectivity index (χ2n) is 5.41. The summed E-state index contributed by atoms with van der Waals surface area (Å²) in [7, 11) is 0. The maximum Gasteiger partial charge on any atom is 0.335 e. The highest BCUT2D eigenvalue weighted by molar-refractivity contribution is 5.89. The first-order valence-electron chi connectivity index (χ1n) is 7.40. The molecule has 0 aliphatic heterocycles. The average molecular weight is 320 g/mol. The van der Waals surface area contributed by atoms with Crippen LogP contribution in [-0.4, -0.2) is 26.0 Å². The maximum atomic E-state index is 11.1. The number of anilines is 2. The number of benzene rings is 1. The van der Waals surface area contributed by atoms with Crippen molar-refractivity contribution >= 4 is 17.6 Å². The molecule has 0 unspecified atom stereocenters. The van der Waals surface area contributed by atoms with Crippen LogP contribution >= 0.6 is 0 Å². The van der Waals surface area contributed by atoms with Gasteiger partial charge in [0.1, 0.15) is 0 Å². The first-order chi connectivity index (χ1) is 11.5. The summed E-state index contributed by atoms with van der Waals surface area (Å²) in [5.41, 5.74) is 4.35. The third-order valence-corrected chi connectivity index (χ3v) is 3.59. The van der Waals surface area contributed by atoms with Gasteiger partial charge >= 0.3 is 5.97 Å². The van der Waals surface area contributed by atoms with Crippen LogP contribution in [0.5, 0.6) is 0 Å². The molecule has 0 aliphatic rings. The molecule has 2 N–H and O–H groups in total. The number of pyridine rings is 1. The predicted octanol–water partition coefficient (Wildman–Crippen LogP) is 3.60. The molecule has 3 aromatic rings. The average Bonchev–Trinajstić information content (AvgIpc) is 2.57. The highest BCUT2D eigenvalue weighted by Crippen LogP contribution is 2.22. The van der Waals surface area contributed by atoms with Gasteiger partial charge in [-0.3, -0.25) is 4.98 Å². The number of nitrogens with zero attached hydrogens (tertiary/aromatic N) is 3. The van der Waals surface area contributed by atoms with Gasteiger partial charge in [0.05, 0.1) is 11.3 Å². The molecular formula is C18H16N4O2. The number of rotatable bonds is 4. The number of hydrogen-bond acceptors (Lipinski definition) is 5. The molecule has 0 amide bonds. The van der Waals surface area contributed by atoms with Gasteiger partial charge < -0.3 is 10.4 Å². The third kappa shape index (κ3) is 3.38. The molecule has 6 heteroatoms. The van der Waals surface area contributed by atoms with Crippen LogP contribution in [0.2, 0.25) is 0 Å². The topological polar surface area (TPSA) is 88.0 Å². The summed E-state index contributed by atoms with van der Waals surface area (Å²) >= 11 is 0. The Morgan fingerprint density at radius 1 is 1.08 bits per heavy atom. The van der Waals surface area contributed by atoms with Crippen molar-refractivity contribution in [1.29, 1.82) is 0 Å². The van der Waals surface area contributed by atoms with Crippen molar-refractivity contribution in [3.8, 4) is 11.3 Å². The van der Waals surface area contributed by atoms with Crippen molar-refractivity contribution < 1.29 is 9.90 Å². The number of aryl methyl sites for hydroxylation is 2. The number of aromatic carboxylic acids is 1. The fraction of sp³-hybridized carbons (Fsp3) is 0.111. The first kappa shape index (κ1) is 15.6. The molecule has 0 saturated carbocycles. The van der Waals surface area contributed by atoms with Gasteiger partial charge in [0.25, 0.3) is 0 Å². The zero-order chi connectivity index (χ0) is 17.1. The van der Waals surface area contributed by atoms with Crippen molar-refractivity contribution in [2.24, 2.45) is 0 Å². The van der Waals surface area contributed by atoms with Crippen molar-refractivity contribution in [3.05, 3.63) is 65.6 Å². The standard InChI is InChI=1S/C18H16N4O2/c1-11-3-5-13(17(23)24)9-16(11)22-18-19-8-7-15(21-18)14-6-4-12(2)20-10-14/h3-10H,1-2H3,(H,23,24)(H,19,21,22). The van der Waals surface area contributed by atoms with E-state index in [1.54, 1.807) is 36.7 Å². The first-order valence-corrected chi connectivity index (χ1v) is 7.40. The number of carboxylic acid groups (broad SMARTS) is 1. The molecule has 3 rings (SSSR count). The minimum Gasteiger partial charge on any atom is -0.478 e. The fourth-order valence-electron chi connectivity index (χ4n) is 2.21. The van der Waals surface area contributed by atoms with E-state index >= 15 is 0 Å². The molecule has 2 aromatic heterocycles. The predicted molar refractivity (Wildman–Crippen MR) is 91.4 cm³/mol. The van der Waals surface area contributed by atoms with E-state index in [4.69, 9.17) is 5.11 Å². The number of carbonyl (C=O) groups is 1. The Morgan fingerprint density at radius 3 is 2.62 bits per heavy atom. The number of nitrogens with one attached hydrogen (secondary N) is 1. The molecule has 0 atom stereocenters. The van der Waals surface area contributed by atoms with Crippen LogP contribution in [0.3, 0.4) is 0 Å². The van der Waals surface area contributed by atoms with Gasteiger partial charge in [-0.1, -0.05) is 6.07 Å². The van der Waals surface area contributed by atoms with Gasteiger partial charge in [-0.25, -0.2) is 14.8 Å². The summed E-state index contributed by atoms with van der Waals surface area (Å²) < 4.78 is 0. The van der Waals surface area contributed by atoms with Gasteiger partial charge in [0.2, 0.25) is 5.95 Å². The van der Waals surface area contributed by atoms with Gasteiger partial charge in [0.15, 0.2) is 0 Å². The van der Waals surface area contributed by atoms with E-state index in [1.165, 1.54) is 0 Å². The van der Waals surface area contributed by atoms with Gasteiger partial charge in [-0.15, -0.1) is 0 Å². The Kier molecular flexibility index (Phi) is 4.20. The molecule has 0 saturated heterocycles. The molecular weight excluding hydrogens is 304 g/mol. The minimum absolute atomic E-state index is 0.210. The highest BCUT2D eigenvalue weighted by Gasteiger charge is 2.08. The van der Waals surface area contributed by atoms with E-state index < -0.39 is 5.97 Å². The molecule has 0 radical (unpaired) electrons. The van der Waals surface area contributed by atoms with Crippen LogP contribution < -0.4 is 5.32 Å². The molecule has 1 aromatic carbocycles. The summed E-state index contributed by atoms with van der Waals surface area (Å²) in [5.74, 6) is -0.572. The number of aromatic nitrogens is 3. The Morgan fingerprint density at radius 2 is 1.92 bits per heavy atom. The summed E-state index contributed by atoms with van der Waals surface area (Å²) in [6.45, 7) is 3.82. The molecule has 120 valence electrons. The maximum absolute atomic E-state index is 11.1. The summed E-state index contributed by atoms with van der Waals surface area (Å²) in [4.78, 5) is 24.1. The highest BCUT2D eigenvalue weighted by atomic mass is 16.4. The van der Waals surface area contributed by atoms with E-state index in [-0.39, 0.29) is 5.56 Å². The van der Waals surface area contributed by atoms with Crippen molar-refractivity contribution in [3.63, 3.8) is 0 Å². The zero-order valence-corrected chi connectivity index (χ0v) is 13.3. The molecule has 24 heavy (non-hydrogen) atoms. The van der Waals surface area contributed by atoms with E-state index in [9.17, 15) is 4.79 Å². The number of carboxylic acids is 1. The van der Waals surface area contributed by atoms with Crippen LogP contribution in [0.15, 0.2) is 48.8 Å². The van der Waals surface area contributed by atoms with E-state index in [1.807, 2.05) is 26.0 Å². The SMILES string of the molecule is Cc1ccc(-c2ccnc(Nc3cc(C(=O)O)ccc3C)n2)cn1. The van der Waals surface area contributed by atoms with Gasteiger partial charge in [0, 0.05) is 29.3 Å². The summed E-state index contributed by atoms with van der Waals surface area (Å²) in [5, 5.41) is 12.2. The minimum atomic E-state index is -0.974. The van der Waals surface area contributed by atoms with Crippen LogP contribution in [0, 0.1) is 13.8 Å². The number of hydrogen-bond donors (Lipinski definition) is 2. The Balaban J connectivity index is 1.91. The monoisotopic (exact) mass is 320 g/mol.